The molecule has 1 aromatic heterocycles. The first-order valence-corrected chi connectivity index (χ1v) is 21.1. The van der Waals surface area contributed by atoms with E-state index in [9.17, 15) is 33.3 Å². The van der Waals surface area contributed by atoms with Crippen molar-refractivity contribution >= 4 is 38.9 Å². The summed E-state index contributed by atoms with van der Waals surface area (Å²) in [5.41, 5.74) is -1.93. The number of allylic oxidation sites excluding steroid dienone is 2. The number of carbonyl (C=O) groups is 2. The lowest BCUT2D eigenvalue weighted by molar-refractivity contribution is -0.160. The monoisotopic (exact) mass is 841 g/mol. The van der Waals surface area contributed by atoms with Gasteiger partial charge >= 0.3 is 11.9 Å². The molecule has 4 N–H and O–H groups in total. The molecular formula is C42H52ClN3O11S. The SMILES string of the molecule is COC(=O)C1(O)CCN(CCCOC2(COc3cc(OCc4cncc(S(C)(=O)=O)c4)c(CNC(C)(CO)C(=O)O)cc3Cl)C=CC=C(c3ccccc3)C2(C)C)C1. The number of esters is 1. The summed E-state index contributed by atoms with van der Waals surface area (Å²) in [6, 6.07) is 14.6. The number of pyridine rings is 1. The second-order valence-corrected chi connectivity index (χ2v) is 17.9. The number of likely N-dealkylation sites (tertiary alicyclic amines) is 1. The van der Waals surface area contributed by atoms with Crippen LogP contribution in [0.4, 0.5) is 0 Å². The van der Waals surface area contributed by atoms with Crippen LogP contribution in [0.1, 0.15) is 50.3 Å². The van der Waals surface area contributed by atoms with Crippen LogP contribution < -0.4 is 14.8 Å². The van der Waals surface area contributed by atoms with Crippen LogP contribution in [0.5, 0.6) is 11.5 Å². The summed E-state index contributed by atoms with van der Waals surface area (Å²) in [6.07, 6.45) is 10.7. The highest BCUT2D eigenvalue weighted by Crippen LogP contribution is 2.49. The van der Waals surface area contributed by atoms with Crippen LogP contribution in [-0.2, 0) is 42.1 Å². The van der Waals surface area contributed by atoms with E-state index in [1.54, 1.807) is 12.1 Å². The standard InChI is InChI=1S/C42H52ClN3O11S/c1-39(2)33(30-11-7-6-8-12-30)13-9-14-42(39,57-18-10-16-46-17-15-41(51,26-46)38(50)54-4)28-56-36-21-35(55-25-29-19-32(24-44-22-29)58(5,52)53)31(20-34(36)43)23-45-40(3,27-47)37(48)49/h6-9,11-14,19-22,24,45,47,51H,10,15-18,23,25-28H2,1-5H3,(H,48,49). The number of β-amino-alcohol motifs (C(OH)–C–C–N with tert-alkyl or cyclic N) is 1. The van der Waals surface area contributed by atoms with Crippen LogP contribution in [0.15, 0.2) is 84.0 Å². The Labute approximate surface area is 344 Å². The zero-order chi connectivity index (χ0) is 42.4. The minimum absolute atomic E-state index is 0.00512. The number of halogens is 1. The molecule has 5 rings (SSSR count). The highest BCUT2D eigenvalue weighted by molar-refractivity contribution is 7.90. The second-order valence-electron chi connectivity index (χ2n) is 15.5. The number of aromatic nitrogens is 1. The van der Waals surface area contributed by atoms with Gasteiger partial charge in [0.1, 0.15) is 35.9 Å². The summed E-state index contributed by atoms with van der Waals surface area (Å²) < 4.78 is 48.8. The minimum Gasteiger partial charge on any atom is -0.488 e. The maximum atomic E-state index is 12.2. The molecule has 1 fully saturated rings. The third-order valence-corrected chi connectivity index (χ3v) is 12.3. The summed E-state index contributed by atoms with van der Waals surface area (Å²) in [5.74, 6) is -1.39. The molecule has 14 nitrogen and oxygen atoms in total. The average molecular weight is 842 g/mol. The number of ether oxygens (including phenoxy) is 4. The van der Waals surface area contributed by atoms with Crippen molar-refractivity contribution in [2.75, 3.05) is 52.8 Å². The zero-order valence-electron chi connectivity index (χ0n) is 33.4. The number of nitrogens with zero attached hydrogens (tertiary/aromatic N) is 2. The fourth-order valence-corrected chi connectivity index (χ4v) is 7.88. The Hall–Kier alpha value is -4.35. The first kappa shape index (κ1) is 44.7. The maximum Gasteiger partial charge on any atom is 0.339 e. The Bertz CT molecular complexity index is 2130. The van der Waals surface area contributed by atoms with E-state index >= 15 is 0 Å². The minimum atomic E-state index is -3.54. The number of nitrogens with one attached hydrogen (secondary N) is 1. The van der Waals surface area contributed by atoms with Crippen LogP contribution in [0.3, 0.4) is 0 Å². The molecule has 2 heterocycles. The van der Waals surface area contributed by atoms with Gasteiger partial charge in [0.2, 0.25) is 0 Å². The van der Waals surface area contributed by atoms with Crippen molar-refractivity contribution in [1.82, 2.24) is 15.2 Å². The Kier molecular flexibility index (Phi) is 14.1. The lowest BCUT2D eigenvalue weighted by atomic mass is 9.65. The van der Waals surface area contributed by atoms with Crippen LogP contribution in [0.25, 0.3) is 5.57 Å². The number of carboxylic acids is 1. The Morgan fingerprint density at radius 2 is 1.83 bits per heavy atom. The van der Waals surface area contributed by atoms with Gasteiger partial charge in [-0.15, -0.1) is 0 Å². The smallest absolute Gasteiger partial charge is 0.339 e. The quantitative estimate of drug-likeness (QED) is 0.0977. The number of methoxy groups -OCH3 is 1. The number of hydrogen-bond acceptors (Lipinski definition) is 13. The number of carboxylic acid groups (broad SMARTS) is 1. The molecule has 0 spiro atoms. The summed E-state index contributed by atoms with van der Waals surface area (Å²) >= 11 is 6.87. The van der Waals surface area contributed by atoms with E-state index in [1.165, 1.54) is 32.5 Å². The Balaban J connectivity index is 1.42. The molecule has 0 amide bonds. The fourth-order valence-electron chi connectivity index (χ4n) is 7.02. The third-order valence-electron chi connectivity index (χ3n) is 10.9. The lowest BCUT2D eigenvalue weighted by Crippen LogP contribution is -2.52. The van der Waals surface area contributed by atoms with Crippen LogP contribution in [0, 0.1) is 5.41 Å². The van der Waals surface area contributed by atoms with Crippen molar-refractivity contribution in [3.8, 4) is 11.5 Å². The summed E-state index contributed by atoms with van der Waals surface area (Å²) in [6.45, 7) is 6.27. The normalized spacial score (nSPS) is 21.6. The molecular weight excluding hydrogens is 790 g/mol. The largest absolute Gasteiger partial charge is 0.488 e. The van der Waals surface area contributed by atoms with Gasteiger partial charge in [-0.2, -0.15) is 0 Å². The number of benzene rings is 2. The molecule has 58 heavy (non-hydrogen) atoms. The summed E-state index contributed by atoms with van der Waals surface area (Å²) in [4.78, 5) is 30.2. The molecule has 2 aromatic carbocycles. The van der Waals surface area contributed by atoms with E-state index in [0.717, 1.165) is 17.4 Å². The molecule has 0 saturated carbocycles. The molecule has 16 heteroatoms. The third kappa shape index (κ3) is 10.1. The molecule has 2 aliphatic rings. The molecule has 3 aromatic rings. The van der Waals surface area contributed by atoms with Crippen molar-refractivity contribution in [2.24, 2.45) is 5.41 Å². The summed E-state index contributed by atoms with van der Waals surface area (Å²) in [7, 11) is -2.27. The number of sulfone groups is 1. The molecule has 1 aliphatic heterocycles. The number of aliphatic carboxylic acids is 1. The Morgan fingerprint density at radius 1 is 1.09 bits per heavy atom. The maximum absolute atomic E-state index is 12.2. The first-order chi connectivity index (χ1) is 27.4. The zero-order valence-corrected chi connectivity index (χ0v) is 34.9. The number of aliphatic hydroxyl groups is 2. The van der Waals surface area contributed by atoms with Gasteiger partial charge in [-0.05, 0) is 42.7 Å². The predicted octanol–water partition coefficient (Wildman–Crippen LogP) is 4.46. The molecule has 3 unspecified atom stereocenters. The van der Waals surface area contributed by atoms with Crippen LogP contribution in [0.2, 0.25) is 5.02 Å². The van der Waals surface area contributed by atoms with E-state index in [4.69, 9.17) is 30.5 Å². The van der Waals surface area contributed by atoms with Gasteiger partial charge in [-0.1, -0.05) is 67.9 Å². The van der Waals surface area contributed by atoms with E-state index < -0.39 is 50.5 Å². The summed E-state index contributed by atoms with van der Waals surface area (Å²) in [5, 5.41) is 33.4. The van der Waals surface area contributed by atoms with E-state index in [-0.39, 0.29) is 54.1 Å². The van der Waals surface area contributed by atoms with Crippen molar-refractivity contribution < 1.29 is 52.3 Å². The number of aliphatic hydroxyl groups excluding tert-OH is 1. The van der Waals surface area contributed by atoms with E-state index in [0.29, 0.717) is 37.2 Å². The highest BCUT2D eigenvalue weighted by Gasteiger charge is 2.49. The van der Waals surface area contributed by atoms with Crippen molar-refractivity contribution in [2.45, 2.75) is 68.4 Å². The van der Waals surface area contributed by atoms with Crippen LogP contribution >= 0.6 is 11.6 Å². The van der Waals surface area contributed by atoms with Crippen molar-refractivity contribution in [1.29, 1.82) is 0 Å². The van der Waals surface area contributed by atoms with Gasteiger partial charge in [-0.3, -0.25) is 20.0 Å². The van der Waals surface area contributed by atoms with Gasteiger partial charge < -0.3 is 34.3 Å². The second kappa shape index (κ2) is 18.3. The van der Waals surface area contributed by atoms with E-state index in [1.807, 2.05) is 47.4 Å². The van der Waals surface area contributed by atoms with E-state index in [2.05, 4.69) is 30.2 Å². The highest BCUT2D eigenvalue weighted by atomic mass is 35.5. The van der Waals surface area contributed by atoms with Gasteiger partial charge in [0.15, 0.2) is 15.4 Å². The topological polar surface area (TPSA) is 194 Å². The van der Waals surface area contributed by atoms with Gasteiger partial charge in [-0.25, -0.2) is 13.2 Å². The fraction of sp³-hybridized carbons (Fsp3) is 0.452. The van der Waals surface area contributed by atoms with Crippen molar-refractivity contribution in [3.05, 3.63) is 101 Å². The van der Waals surface area contributed by atoms with Gasteiger partial charge in [0, 0.05) is 80.5 Å². The lowest BCUT2D eigenvalue weighted by Gasteiger charge is -2.47. The average Bonchev–Trinajstić information content (AvgIpc) is 3.59. The molecule has 1 aliphatic carbocycles. The Morgan fingerprint density at radius 3 is 2.50 bits per heavy atom. The predicted molar refractivity (Wildman–Crippen MR) is 217 cm³/mol. The number of carbonyl (C=O) groups excluding carboxylic acids is 1. The van der Waals surface area contributed by atoms with Crippen LogP contribution in [-0.4, -0.2) is 115 Å². The molecule has 0 bridgehead atoms. The molecule has 1 saturated heterocycles. The molecule has 314 valence electrons. The van der Waals surface area contributed by atoms with Crippen molar-refractivity contribution in [3.63, 3.8) is 0 Å². The molecule has 0 radical (unpaired) electrons. The van der Waals surface area contributed by atoms with Gasteiger partial charge in [0.25, 0.3) is 0 Å². The molecule has 3 atom stereocenters. The number of hydrogen-bond donors (Lipinski definition) is 4. The van der Waals surface area contributed by atoms with Gasteiger partial charge in [0.05, 0.1) is 23.6 Å². The first-order valence-electron chi connectivity index (χ1n) is 18.8. The number of rotatable bonds is 19.